The van der Waals surface area contributed by atoms with Crippen LogP contribution in [0, 0.1) is 11.8 Å². The molecule has 1 aliphatic heterocycles. The van der Waals surface area contributed by atoms with E-state index in [0.29, 0.717) is 17.7 Å². The number of aliphatic hydroxyl groups is 2. The first-order valence-electron chi connectivity index (χ1n) is 28.7. The van der Waals surface area contributed by atoms with Gasteiger partial charge in [0.25, 0.3) is 0 Å². The highest BCUT2D eigenvalue weighted by Crippen LogP contribution is 2.21. The lowest BCUT2D eigenvalue weighted by atomic mass is 10.0. The number of para-hydroxylation sites is 1. The maximum absolute atomic E-state index is 14.2. The normalized spacial score (nSPS) is 15.6. The van der Waals surface area contributed by atoms with Crippen molar-refractivity contribution in [2.75, 3.05) is 39.4 Å². The first-order valence-corrected chi connectivity index (χ1v) is 28.7. The smallest absolute Gasteiger partial charge is 0.326 e. The number of likely N-dealkylation sites (tertiary alicyclic amines) is 1. The molecule has 0 saturated carbocycles. The lowest BCUT2D eigenvalue weighted by Gasteiger charge is -2.27. The van der Waals surface area contributed by atoms with Crippen LogP contribution in [-0.4, -0.2) is 206 Å². The maximum Gasteiger partial charge on any atom is 0.326 e. The molecule has 484 valence electrons. The number of primary amides is 1. The van der Waals surface area contributed by atoms with Crippen molar-refractivity contribution in [2.45, 2.75) is 146 Å². The minimum atomic E-state index is -1.78. The molecule has 4 rings (SSSR count). The molecule has 1 aromatic carbocycles. The van der Waals surface area contributed by atoms with E-state index < -0.39 is 152 Å². The second kappa shape index (κ2) is 35.4. The van der Waals surface area contributed by atoms with Crippen molar-refractivity contribution >= 4 is 87.8 Å². The average Bonchev–Trinajstić information content (AvgIpc) is 2.51. The van der Waals surface area contributed by atoms with Crippen LogP contribution in [0.25, 0.3) is 10.9 Å². The number of carbonyl (C=O) groups excluding carboxylic acids is 11. The molecule has 1 fully saturated rings. The molecule has 22 N–H and O–H groups in total. The molecule has 1 saturated heterocycles. The summed E-state index contributed by atoms with van der Waals surface area (Å²) in [5, 5.41) is 53.0. The van der Waals surface area contributed by atoms with Crippen molar-refractivity contribution in [3.8, 4) is 0 Å². The average molecular weight is 1240 g/mol. The van der Waals surface area contributed by atoms with E-state index in [0.717, 1.165) is 10.9 Å². The number of nitrogens with zero attached hydrogens (tertiary/aromatic N) is 3. The molecule has 33 nitrogen and oxygen atoms in total. The van der Waals surface area contributed by atoms with E-state index in [1.54, 1.807) is 58.2 Å². The number of hydrogen-bond acceptors (Lipinski definition) is 17. The third kappa shape index (κ3) is 23.2. The fraction of sp³-hybridized carbons (Fsp3) is 0.564. The van der Waals surface area contributed by atoms with Gasteiger partial charge in [0.2, 0.25) is 65.0 Å². The zero-order valence-electron chi connectivity index (χ0n) is 49.6. The Balaban J connectivity index is 1.43. The fourth-order valence-electron chi connectivity index (χ4n) is 9.46. The zero-order chi connectivity index (χ0) is 65.2. The van der Waals surface area contributed by atoms with Crippen LogP contribution in [0.4, 0.5) is 0 Å². The SMILES string of the molecule is CC(C)C[C@H](NC(=O)[C@H](CC(C)C)NC(=O)CNC(=O)[C@H](Cc1c[nH]c2ccccc12)NC(=O)[C@@H]1CCCN1C(=O)CNC(=O)[C@H](CO)NC(=O)[C@H](CCCN=C(N)N)NC(=O)[C@H](CO)NC(=O)[C@H](CCC(N)=O)NC(=O)[C@@H](N)Cc1cnc[nH]1)C(=O)O. The number of aliphatic hydroxyl groups excluding tert-OH is 2. The predicted molar refractivity (Wildman–Crippen MR) is 316 cm³/mol. The van der Waals surface area contributed by atoms with Gasteiger partial charge in [-0.25, -0.2) is 9.78 Å². The Hall–Kier alpha value is -9.24. The van der Waals surface area contributed by atoms with Crippen molar-refractivity contribution in [3.05, 3.63) is 54.2 Å². The summed E-state index contributed by atoms with van der Waals surface area (Å²) < 4.78 is 0. The summed E-state index contributed by atoms with van der Waals surface area (Å²) in [5.41, 5.74) is 24.0. The molecular formula is C55H84N18O15. The largest absolute Gasteiger partial charge is 0.480 e. The van der Waals surface area contributed by atoms with Gasteiger partial charge >= 0.3 is 5.97 Å². The third-order valence-electron chi connectivity index (χ3n) is 14.0. The number of aromatic nitrogens is 3. The van der Waals surface area contributed by atoms with E-state index in [1.165, 1.54) is 17.4 Å². The zero-order valence-corrected chi connectivity index (χ0v) is 49.6. The molecule has 88 heavy (non-hydrogen) atoms. The summed E-state index contributed by atoms with van der Waals surface area (Å²) in [5.74, 6) is -11.5. The van der Waals surface area contributed by atoms with Gasteiger partial charge in [0, 0.05) is 61.3 Å². The number of hydrogen-bond donors (Lipinski definition) is 18. The Labute approximate surface area is 506 Å². The highest BCUT2D eigenvalue weighted by Gasteiger charge is 2.38. The number of aromatic amines is 2. The minimum Gasteiger partial charge on any atom is -0.480 e. The Bertz CT molecular complexity index is 2930. The number of carboxylic acid groups (broad SMARTS) is 1. The van der Waals surface area contributed by atoms with Crippen LogP contribution in [0.5, 0.6) is 0 Å². The van der Waals surface area contributed by atoms with Crippen LogP contribution in [0.1, 0.15) is 90.3 Å². The molecule has 0 radical (unpaired) electrons. The van der Waals surface area contributed by atoms with Gasteiger partial charge in [0.1, 0.15) is 48.3 Å². The third-order valence-corrected chi connectivity index (χ3v) is 14.0. The first kappa shape index (κ1) is 71.2. The van der Waals surface area contributed by atoms with Crippen LogP contribution in [0.3, 0.4) is 0 Å². The lowest BCUT2D eigenvalue weighted by molar-refractivity contribution is -0.143. The Morgan fingerprint density at radius 2 is 1.24 bits per heavy atom. The van der Waals surface area contributed by atoms with Gasteiger partial charge in [-0.15, -0.1) is 0 Å². The molecule has 3 aromatic rings. The monoisotopic (exact) mass is 1240 g/mol. The summed E-state index contributed by atoms with van der Waals surface area (Å²) in [6, 6.07) is -5.44. The number of aliphatic imine (C=N–C) groups is 1. The Morgan fingerprint density at radius 3 is 1.85 bits per heavy atom. The quantitative estimate of drug-likeness (QED) is 0.0145. The van der Waals surface area contributed by atoms with E-state index in [1.807, 2.05) is 0 Å². The van der Waals surface area contributed by atoms with Crippen molar-refractivity contribution in [1.82, 2.24) is 67.7 Å². The van der Waals surface area contributed by atoms with Gasteiger partial charge < -0.3 is 101 Å². The fourth-order valence-corrected chi connectivity index (χ4v) is 9.46. The number of nitrogens with two attached hydrogens (primary N) is 4. The molecule has 3 heterocycles. The van der Waals surface area contributed by atoms with E-state index >= 15 is 0 Å². The van der Waals surface area contributed by atoms with Crippen LogP contribution >= 0.6 is 0 Å². The molecular weight excluding hydrogens is 1150 g/mol. The molecule has 11 amide bonds. The molecule has 0 unspecified atom stereocenters. The Kier molecular flexibility index (Phi) is 28.7. The number of carbonyl (C=O) groups is 12. The molecule has 1 aliphatic rings. The predicted octanol–water partition coefficient (Wildman–Crippen LogP) is -5.90. The summed E-state index contributed by atoms with van der Waals surface area (Å²) in [6.07, 6.45) is 4.18. The van der Waals surface area contributed by atoms with Crippen molar-refractivity contribution in [1.29, 1.82) is 0 Å². The van der Waals surface area contributed by atoms with E-state index in [-0.39, 0.29) is 88.7 Å². The summed E-state index contributed by atoms with van der Waals surface area (Å²) >= 11 is 0. The molecule has 2 aromatic heterocycles. The van der Waals surface area contributed by atoms with Crippen molar-refractivity contribution < 1.29 is 72.9 Å². The lowest BCUT2D eigenvalue weighted by Crippen LogP contribution is -2.60. The standard InChI is InChI=1S/C55H84N18O15/c1-28(2)17-37(51(84)70-39(54(87)88)18-29(3)4)66-44(77)23-63-47(80)38(19-30-21-62-34-10-6-5-9-32(30)34)69-53(86)42-12-8-16-73(42)45(78)24-64-48(81)40(25-74)71-49(82)35(11-7-15-61-55(58)59)68-52(85)41(26-75)72-50(83)36(13-14-43(57)76)67-46(79)33(56)20-31-22-60-27-65-31/h5-6,9-10,21-22,27-29,33,35-42,62,74-75H,7-8,11-20,23-26,56H2,1-4H3,(H2,57,76)(H,60,65)(H,63,80)(H,64,81)(H,66,77)(H,67,79)(H,68,85)(H,69,86)(H,70,84)(H,71,82)(H,72,83)(H,87,88)(H4,58,59,61)/t33-,35-,36-,37-,38-,39-,40-,41-,42-/m0/s1. The van der Waals surface area contributed by atoms with Crippen molar-refractivity contribution in [2.24, 2.45) is 39.8 Å². The number of aliphatic carboxylic acids is 1. The number of carboxylic acids is 1. The second-order valence-corrected chi connectivity index (χ2v) is 22.0. The number of guanidine groups is 1. The highest BCUT2D eigenvalue weighted by molar-refractivity contribution is 5.99. The maximum atomic E-state index is 14.2. The summed E-state index contributed by atoms with van der Waals surface area (Å²) in [7, 11) is 0. The van der Waals surface area contributed by atoms with Gasteiger partial charge in [0.15, 0.2) is 5.96 Å². The number of imidazole rings is 1. The highest BCUT2D eigenvalue weighted by atomic mass is 16.4. The van der Waals surface area contributed by atoms with E-state index in [4.69, 9.17) is 22.9 Å². The number of rotatable bonds is 37. The van der Waals surface area contributed by atoms with Gasteiger partial charge in [-0.2, -0.15) is 0 Å². The Morgan fingerprint density at radius 1 is 0.670 bits per heavy atom. The molecule has 0 bridgehead atoms. The summed E-state index contributed by atoms with van der Waals surface area (Å²) in [6.45, 7) is 3.73. The molecule has 0 spiro atoms. The first-order chi connectivity index (χ1) is 41.7. The number of amides is 11. The van der Waals surface area contributed by atoms with Gasteiger partial charge in [-0.05, 0) is 68.4 Å². The van der Waals surface area contributed by atoms with Crippen LogP contribution in [0.15, 0.2) is 48.0 Å². The minimum absolute atomic E-state index is 0.0131. The number of fused-ring (bicyclic) bond motifs is 1. The number of nitrogens with one attached hydrogen (secondary N) is 11. The second-order valence-electron chi connectivity index (χ2n) is 22.0. The topological polar surface area (TPSA) is 538 Å². The van der Waals surface area contributed by atoms with Crippen molar-refractivity contribution in [3.63, 3.8) is 0 Å². The molecule has 9 atom stereocenters. The van der Waals surface area contributed by atoms with Crippen LogP contribution in [-0.2, 0) is 70.4 Å². The van der Waals surface area contributed by atoms with Gasteiger partial charge in [0.05, 0.1) is 38.7 Å². The van der Waals surface area contributed by atoms with Crippen LogP contribution < -0.4 is 70.8 Å². The van der Waals surface area contributed by atoms with Crippen LogP contribution in [0.2, 0.25) is 0 Å². The summed E-state index contributed by atoms with van der Waals surface area (Å²) in [4.78, 5) is 175. The van der Waals surface area contributed by atoms with E-state index in [2.05, 4.69) is 67.8 Å². The number of benzene rings is 1. The molecule has 33 heteroatoms. The van der Waals surface area contributed by atoms with E-state index in [9.17, 15) is 72.9 Å². The number of H-pyrrole nitrogens is 2. The van der Waals surface area contributed by atoms with Gasteiger partial charge in [-0.3, -0.25) is 57.7 Å². The molecule has 0 aliphatic carbocycles. The van der Waals surface area contributed by atoms with Gasteiger partial charge in [-0.1, -0.05) is 45.9 Å².